The second kappa shape index (κ2) is 17.3. The van der Waals surface area contributed by atoms with Gasteiger partial charge in [-0.25, -0.2) is 4.98 Å². The van der Waals surface area contributed by atoms with Gasteiger partial charge in [0.2, 0.25) is 0 Å². The first-order valence-electron chi connectivity index (χ1n) is 22.7. The Bertz CT molecular complexity index is 3110. The van der Waals surface area contributed by atoms with Crippen LogP contribution in [0.2, 0.25) is 0 Å². The summed E-state index contributed by atoms with van der Waals surface area (Å²) in [6, 6.07) is 58.6. The maximum absolute atomic E-state index is 12.2. The Morgan fingerprint density at radius 1 is 0.547 bits per heavy atom. The van der Waals surface area contributed by atoms with Gasteiger partial charge in [0.1, 0.15) is 11.6 Å². The third-order valence-electron chi connectivity index (χ3n) is 12.7. The zero-order chi connectivity index (χ0) is 44.7. The highest BCUT2D eigenvalue weighted by atomic mass is 16.3. The molecular weight excluding hydrogens is 779 g/mol. The van der Waals surface area contributed by atoms with Gasteiger partial charge in [0.25, 0.3) is 0 Å². The second-order valence-electron chi connectivity index (χ2n) is 18.7. The molecule has 0 saturated carbocycles. The summed E-state index contributed by atoms with van der Waals surface area (Å²) in [4.78, 5) is 10.6. The second-order valence-corrected chi connectivity index (χ2v) is 18.7. The van der Waals surface area contributed by atoms with Crippen LogP contribution in [-0.2, 0) is 11.8 Å². The number of hydrogen-bond acceptors (Lipinski definition) is 3. The monoisotopic (exact) mass is 835 g/mol. The Labute approximate surface area is 379 Å². The Morgan fingerprint density at radius 2 is 1.20 bits per heavy atom. The number of para-hydroxylation sites is 1. The highest BCUT2D eigenvalue weighted by Gasteiger charge is 2.25. The van der Waals surface area contributed by atoms with Crippen LogP contribution in [0.4, 0.5) is 0 Å². The average molecular weight is 836 g/mol. The van der Waals surface area contributed by atoms with Crippen LogP contribution in [0.1, 0.15) is 89.5 Å². The molecule has 1 N–H and O–H groups in total. The van der Waals surface area contributed by atoms with Gasteiger partial charge in [-0.15, -0.1) is 0 Å². The van der Waals surface area contributed by atoms with Gasteiger partial charge in [-0.3, -0.25) is 9.55 Å². The first kappa shape index (κ1) is 42.3. The van der Waals surface area contributed by atoms with Crippen LogP contribution in [0.3, 0.4) is 0 Å². The van der Waals surface area contributed by atoms with Crippen LogP contribution in [0.5, 0.6) is 5.75 Å². The minimum atomic E-state index is -0.137. The van der Waals surface area contributed by atoms with E-state index in [4.69, 9.17) is 9.97 Å². The average Bonchev–Trinajstić information content (AvgIpc) is 3.71. The molecule has 0 aliphatic carbocycles. The number of phenolic OH excluding ortho intramolecular Hbond substituents is 1. The summed E-state index contributed by atoms with van der Waals surface area (Å²) < 4.78 is 2.26. The van der Waals surface area contributed by atoms with Crippen molar-refractivity contribution in [3.05, 3.63) is 192 Å². The smallest absolute Gasteiger partial charge is 0.149 e. The summed E-state index contributed by atoms with van der Waals surface area (Å²) >= 11 is 0. The third kappa shape index (κ3) is 8.17. The molecule has 0 bridgehead atoms. The third-order valence-corrected chi connectivity index (χ3v) is 12.7. The molecule has 4 nitrogen and oxygen atoms in total. The molecule has 7 aromatic carbocycles. The van der Waals surface area contributed by atoms with E-state index in [1.807, 2.05) is 6.20 Å². The molecule has 0 radical (unpaired) electrons. The zero-order valence-electron chi connectivity index (χ0n) is 38.3. The Hall–Kier alpha value is -7.04. The number of aromatic nitrogens is 3. The SMILES string of the molecule is CCc1cc(-n2c(-c3cc(C(C)C)cc(C(C)C)c3O)nc3c(-c4cc(-c5cc(-c6ccc(-c7ccccc7)cc6)ccn5)cc(C(C)(C)C)c4)cccc32)ccc1-c1ccccc1. The summed E-state index contributed by atoms with van der Waals surface area (Å²) in [5.74, 6) is 1.40. The summed E-state index contributed by atoms with van der Waals surface area (Å²) in [6.07, 6.45) is 2.79. The molecule has 0 amide bonds. The van der Waals surface area contributed by atoms with E-state index >= 15 is 0 Å². The molecule has 0 saturated heterocycles. The van der Waals surface area contributed by atoms with E-state index < -0.39 is 0 Å². The molecule has 64 heavy (non-hydrogen) atoms. The number of aromatic hydroxyl groups is 1. The lowest BCUT2D eigenvalue weighted by atomic mass is 9.83. The fraction of sp³-hybridized carbons (Fsp3) is 0.200. The fourth-order valence-electron chi connectivity index (χ4n) is 8.93. The van der Waals surface area contributed by atoms with Crippen LogP contribution in [0.25, 0.3) is 83.9 Å². The number of phenols is 1. The van der Waals surface area contributed by atoms with Gasteiger partial charge in [0.05, 0.1) is 22.3 Å². The summed E-state index contributed by atoms with van der Waals surface area (Å²) in [5, 5.41) is 12.2. The summed E-state index contributed by atoms with van der Waals surface area (Å²) in [6.45, 7) is 17.7. The molecule has 2 aromatic heterocycles. The molecule has 9 rings (SSSR count). The number of nitrogens with zero attached hydrogens (tertiary/aromatic N) is 3. The first-order valence-corrected chi connectivity index (χ1v) is 22.7. The number of rotatable bonds is 10. The van der Waals surface area contributed by atoms with Crippen molar-refractivity contribution >= 4 is 11.0 Å². The van der Waals surface area contributed by atoms with E-state index in [0.717, 1.165) is 73.6 Å². The van der Waals surface area contributed by atoms with Crippen molar-refractivity contribution in [1.82, 2.24) is 14.5 Å². The maximum atomic E-state index is 12.2. The Kier molecular flexibility index (Phi) is 11.4. The van der Waals surface area contributed by atoms with Crippen molar-refractivity contribution < 1.29 is 5.11 Å². The van der Waals surface area contributed by atoms with Gasteiger partial charge in [-0.1, -0.05) is 171 Å². The van der Waals surface area contributed by atoms with Crippen molar-refractivity contribution in [1.29, 1.82) is 0 Å². The van der Waals surface area contributed by atoms with E-state index in [-0.39, 0.29) is 23.0 Å². The fourth-order valence-corrected chi connectivity index (χ4v) is 8.93. The minimum Gasteiger partial charge on any atom is -0.507 e. The van der Waals surface area contributed by atoms with Gasteiger partial charge in [-0.2, -0.15) is 0 Å². The number of pyridine rings is 1. The topological polar surface area (TPSA) is 50.9 Å². The van der Waals surface area contributed by atoms with E-state index in [9.17, 15) is 5.11 Å². The highest BCUT2D eigenvalue weighted by Crippen LogP contribution is 2.44. The van der Waals surface area contributed by atoms with Crippen molar-refractivity contribution in [2.75, 3.05) is 0 Å². The molecule has 318 valence electrons. The highest BCUT2D eigenvalue weighted by molar-refractivity contribution is 5.97. The standard InChI is InChI=1S/C60H57N3O/c1-9-40-34-50(27-28-51(40)44-19-14-11-15-20-44)63-56-22-16-21-52(57(56)62-59(63)54-36-46(38(2)3)35-53(39(4)5)58(54)64)47-31-48(33-49(32-47)60(6,7)8)55-37-45(29-30-61-55)43-25-23-42(24-26-43)41-17-12-10-13-18-41/h10-39,64H,9H2,1-8H3. The molecule has 0 unspecified atom stereocenters. The van der Waals surface area contributed by atoms with Gasteiger partial charge in [0, 0.05) is 23.0 Å². The predicted molar refractivity (Wildman–Crippen MR) is 269 cm³/mol. The van der Waals surface area contributed by atoms with Gasteiger partial charge >= 0.3 is 0 Å². The molecule has 4 heteroatoms. The number of benzene rings is 7. The van der Waals surface area contributed by atoms with Gasteiger partial charge < -0.3 is 5.11 Å². The van der Waals surface area contributed by atoms with Crippen molar-refractivity contribution in [3.63, 3.8) is 0 Å². The lowest BCUT2D eigenvalue weighted by Gasteiger charge is -2.22. The van der Waals surface area contributed by atoms with Crippen LogP contribution < -0.4 is 0 Å². The van der Waals surface area contributed by atoms with Gasteiger partial charge in [-0.05, 0) is 133 Å². The summed E-state index contributed by atoms with van der Waals surface area (Å²) in [5.41, 5.74) is 19.2. The maximum Gasteiger partial charge on any atom is 0.149 e. The van der Waals surface area contributed by atoms with Crippen molar-refractivity contribution in [2.24, 2.45) is 0 Å². The minimum absolute atomic E-state index is 0.127. The molecular formula is C60H57N3O. The molecule has 0 fully saturated rings. The van der Waals surface area contributed by atoms with Crippen LogP contribution in [-0.4, -0.2) is 19.6 Å². The predicted octanol–water partition coefficient (Wildman–Crippen LogP) is 16.2. The van der Waals surface area contributed by atoms with Crippen LogP contribution in [0.15, 0.2) is 170 Å². The number of aryl methyl sites for hydroxylation is 1. The van der Waals surface area contributed by atoms with E-state index in [1.165, 1.54) is 38.9 Å². The van der Waals surface area contributed by atoms with E-state index in [1.54, 1.807) is 0 Å². The lowest BCUT2D eigenvalue weighted by molar-refractivity contribution is 0.466. The quantitative estimate of drug-likeness (QED) is 0.149. The van der Waals surface area contributed by atoms with E-state index in [2.05, 4.69) is 224 Å². The lowest BCUT2D eigenvalue weighted by Crippen LogP contribution is -2.11. The summed E-state index contributed by atoms with van der Waals surface area (Å²) in [7, 11) is 0. The van der Waals surface area contributed by atoms with Crippen LogP contribution in [0, 0.1) is 0 Å². The van der Waals surface area contributed by atoms with E-state index in [0.29, 0.717) is 0 Å². The number of fused-ring (bicyclic) bond motifs is 1. The molecule has 2 heterocycles. The molecule has 0 aliphatic heterocycles. The van der Waals surface area contributed by atoms with Crippen molar-refractivity contribution in [3.8, 4) is 78.6 Å². The molecule has 0 spiro atoms. The molecule has 0 atom stereocenters. The Balaban J connectivity index is 1.24. The molecule has 0 aliphatic rings. The number of hydrogen-bond donors (Lipinski definition) is 1. The van der Waals surface area contributed by atoms with Gasteiger partial charge in [0.15, 0.2) is 0 Å². The first-order chi connectivity index (χ1) is 30.9. The molecule has 9 aromatic rings. The zero-order valence-corrected chi connectivity index (χ0v) is 38.3. The normalized spacial score (nSPS) is 11.8. The number of imidazole rings is 1. The van der Waals surface area contributed by atoms with Crippen molar-refractivity contribution in [2.45, 2.75) is 79.1 Å². The Morgan fingerprint density at radius 3 is 1.86 bits per heavy atom. The van der Waals surface area contributed by atoms with Crippen LogP contribution >= 0.6 is 0 Å². The largest absolute Gasteiger partial charge is 0.507 e.